The summed E-state index contributed by atoms with van der Waals surface area (Å²) in [7, 11) is 0. The second-order valence-electron chi connectivity index (χ2n) is 4.31. The molecule has 0 radical (unpaired) electrons. The van der Waals surface area contributed by atoms with Crippen LogP contribution in [0.25, 0.3) is 0 Å². The van der Waals surface area contributed by atoms with Crippen LogP contribution >= 0.6 is 11.3 Å². The molecule has 0 aliphatic rings. The number of benzene rings is 1. The molecule has 0 saturated heterocycles. The number of rotatable bonds is 6. The van der Waals surface area contributed by atoms with Gasteiger partial charge in [0.05, 0.1) is 0 Å². The molecule has 0 unspecified atom stereocenters. The molecule has 0 amide bonds. The summed E-state index contributed by atoms with van der Waals surface area (Å²) in [4.78, 5) is 14.1. The number of Topliss-reactive ketones (excluding diaryl/α,β-unsaturated/α-hetero) is 1. The predicted molar refractivity (Wildman–Crippen MR) is 79.1 cm³/mol. The molecular formula is C16H18O2S. The molecule has 1 aromatic heterocycles. The van der Waals surface area contributed by atoms with E-state index < -0.39 is 0 Å². The molecular weight excluding hydrogens is 256 g/mol. The Morgan fingerprint density at radius 3 is 2.32 bits per heavy atom. The van der Waals surface area contributed by atoms with E-state index in [0.717, 1.165) is 17.7 Å². The van der Waals surface area contributed by atoms with Gasteiger partial charge in [-0.2, -0.15) is 0 Å². The quantitative estimate of drug-likeness (QED) is 0.726. The lowest BCUT2D eigenvalue weighted by Crippen LogP contribution is -1.97. The first kappa shape index (κ1) is 13.8. The normalized spacial score (nSPS) is 10.4. The minimum Gasteiger partial charge on any atom is -0.488 e. The van der Waals surface area contributed by atoms with Crippen LogP contribution in [-0.4, -0.2) is 5.78 Å². The van der Waals surface area contributed by atoms with E-state index in [-0.39, 0.29) is 5.78 Å². The SMILES string of the molecule is CCC(=O)c1ccc(OCc2ccc(CC)s2)cc1. The molecule has 2 rings (SSSR count). The summed E-state index contributed by atoms with van der Waals surface area (Å²) >= 11 is 1.78. The summed E-state index contributed by atoms with van der Waals surface area (Å²) in [6.07, 6.45) is 1.60. The maximum Gasteiger partial charge on any atom is 0.162 e. The van der Waals surface area contributed by atoms with Crippen molar-refractivity contribution in [2.45, 2.75) is 33.3 Å². The number of ether oxygens (including phenoxy) is 1. The van der Waals surface area contributed by atoms with Crippen LogP contribution in [0.2, 0.25) is 0 Å². The molecule has 3 heteroatoms. The van der Waals surface area contributed by atoms with Crippen LogP contribution in [0.15, 0.2) is 36.4 Å². The highest BCUT2D eigenvalue weighted by Gasteiger charge is 2.04. The van der Waals surface area contributed by atoms with Gasteiger partial charge in [0.25, 0.3) is 0 Å². The highest BCUT2D eigenvalue weighted by molar-refractivity contribution is 7.11. The molecule has 0 aliphatic carbocycles. The largest absolute Gasteiger partial charge is 0.488 e. The van der Waals surface area contributed by atoms with Crippen LogP contribution in [0.4, 0.5) is 0 Å². The van der Waals surface area contributed by atoms with E-state index in [1.54, 1.807) is 11.3 Å². The fraction of sp³-hybridized carbons (Fsp3) is 0.312. The van der Waals surface area contributed by atoms with Crippen LogP contribution in [0.1, 0.15) is 40.4 Å². The molecule has 0 aliphatic heterocycles. The van der Waals surface area contributed by atoms with Crippen molar-refractivity contribution >= 4 is 17.1 Å². The van der Waals surface area contributed by atoms with Crippen molar-refractivity contribution in [3.8, 4) is 5.75 Å². The monoisotopic (exact) mass is 274 g/mol. The Balaban J connectivity index is 1.94. The molecule has 2 nitrogen and oxygen atoms in total. The Hall–Kier alpha value is -1.61. The molecule has 1 aromatic carbocycles. The van der Waals surface area contributed by atoms with Gasteiger partial charge in [0.15, 0.2) is 5.78 Å². The van der Waals surface area contributed by atoms with Crippen LogP contribution < -0.4 is 4.74 Å². The molecule has 0 atom stereocenters. The van der Waals surface area contributed by atoms with E-state index >= 15 is 0 Å². The van der Waals surface area contributed by atoms with Gasteiger partial charge in [-0.3, -0.25) is 4.79 Å². The van der Waals surface area contributed by atoms with Crippen LogP contribution in [-0.2, 0) is 13.0 Å². The third-order valence-electron chi connectivity index (χ3n) is 2.94. The highest BCUT2D eigenvalue weighted by atomic mass is 32.1. The third-order valence-corrected chi connectivity index (χ3v) is 4.15. The Morgan fingerprint density at radius 1 is 1.05 bits per heavy atom. The van der Waals surface area contributed by atoms with E-state index in [0.29, 0.717) is 13.0 Å². The standard InChI is InChI=1S/C16H18O2S/c1-3-14-9-10-15(19-14)11-18-13-7-5-12(6-8-13)16(17)4-2/h5-10H,3-4,11H2,1-2H3. The van der Waals surface area contributed by atoms with E-state index in [4.69, 9.17) is 4.74 Å². The molecule has 0 bridgehead atoms. The van der Waals surface area contributed by atoms with Gasteiger partial charge in [-0.05, 0) is 42.8 Å². The second kappa shape index (κ2) is 6.53. The van der Waals surface area contributed by atoms with Crippen molar-refractivity contribution in [1.29, 1.82) is 0 Å². The molecule has 19 heavy (non-hydrogen) atoms. The lowest BCUT2D eigenvalue weighted by atomic mass is 10.1. The molecule has 0 spiro atoms. The van der Waals surface area contributed by atoms with E-state index in [9.17, 15) is 4.79 Å². The molecule has 0 fully saturated rings. The number of ketones is 1. The summed E-state index contributed by atoms with van der Waals surface area (Å²) in [5, 5.41) is 0. The second-order valence-corrected chi connectivity index (χ2v) is 5.56. The average molecular weight is 274 g/mol. The minimum atomic E-state index is 0.164. The molecule has 0 saturated carbocycles. The van der Waals surface area contributed by atoms with Crippen molar-refractivity contribution in [3.63, 3.8) is 0 Å². The van der Waals surface area contributed by atoms with Crippen molar-refractivity contribution < 1.29 is 9.53 Å². The lowest BCUT2D eigenvalue weighted by molar-refractivity contribution is 0.0988. The Bertz CT molecular complexity index is 540. The number of carbonyl (C=O) groups is 1. The van der Waals surface area contributed by atoms with Crippen LogP contribution in [0.3, 0.4) is 0 Å². The Labute approximate surface area is 118 Å². The topological polar surface area (TPSA) is 26.3 Å². The fourth-order valence-electron chi connectivity index (χ4n) is 1.79. The van der Waals surface area contributed by atoms with Gasteiger partial charge in [0.1, 0.15) is 12.4 Å². The van der Waals surface area contributed by atoms with Crippen molar-refractivity contribution in [2.24, 2.45) is 0 Å². The third kappa shape index (κ3) is 3.67. The number of hydrogen-bond donors (Lipinski definition) is 0. The number of hydrogen-bond acceptors (Lipinski definition) is 3. The minimum absolute atomic E-state index is 0.164. The lowest BCUT2D eigenvalue weighted by Gasteiger charge is -2.05. The van der Waals surface area contributed by atoms with Gasteiger partial charge in [0.2, 0.25) is 0 Å². The highest BCUT2D eigenvalue weighted by Crippen LogP contribution is 2.20. The number of carbonyl (C=O) groups excluding carboxylic acids is 1. The van der Waals surface area contributed by atoms with Gasteiger partial charge in [0, 0.05) is 21.7 Å². The Morgan fingerprint density at radius 2 is 1.74 bits per heavy atom. The summed E-state index contributed by atoms with van der Waals surface area (Å²) in [6, 6.07) is 11.6. The maximum atomic E-state index is 11.5. The first-order valence-corrected chi connectivity index (χ1v) is 7.38. The van der Waals surface area contributed by atoms with E-state index in [1.807, 2.05) is 31.2 Å². The van der Waals surface area contributed by atoms with Gasteiger partial charge in [-0.1, -0.05) is 13.8 Å². The van der Waals surface area contributed by atoms with Crippen molar-refractivity contribution in [1.82, 2.24) is 0 Å². The fourth-order valence-corrected chi connectivity index (χ4v) is 2.66. The number of thiophene rings is 1. The summed E-state index contributed by atoms with van der Waals surface area (Å²) < 4.78 is 5.72. The van der Waals surface area contributed by atoms with Gasteiger partial charge >= 0.3 is 0 Å². The van der Waals surface area contributed by atoms with Crippen molar-refractivity contribution in [2.75, 3.05) is 0 Å². The van der Waals surface area contributed by atoms with Crippen LogP contribution in [0, 0.1) is 0 Å². The zero-order valence-electron chi connectivity index (χ0n) is 11.3. The molecule has 1 heterocycles. The summed E-state index contributed by atoms with van der Waals surface area (Å²) in [6.45, 7) is 4.61. The zero-order chi connectivity index (χ0) is 13.7. The van der Waals surface area contributed by atoms with Crippen molar-refractivity contribution in [3.05, 3.63) is 51.7 Å². The summed E-state index contributed by atoms with van der Waals surface area (Å²) in [5.41, 5.74) is 0.749. The van der Waals surface area contributed by atoms with E-state index in [1.165, 1.54) is 9.75 Å². The smallest absolute Gasteiger partial charge is 0.162 e. The molecule has 2 aromatic rings. The predicted octanol–water partition coefficient (Wildman–Crippen LogP) is 4.48. The van der Waals surface area contributed by atoms with Gasteiger partial charge in [-0.15, -0.1) is 11.3 Å². The molecule has 0 N–H and O–H groups in total. The first-order valence-electron chi connectivity index (χ1n) is 6.56. The van der Waals surface area contributed by atoms with Gasteiger partial charge < -0.3 is 4.74 Å². The van der Waals surface area contributed by atoms with Gasteiger partial charge in [-0.25, -0.2) is 0 Å². The Kier molecular flexibility index (Phi) is 4.74. The first-order chi connectivity index (χ1) is 9.22. The maximum absolute atomic E-state index is 11.5. The summed E-state index contributed by atoms with van der Waals surface area (Å²) in [5.74, 6) is 0.969. The average Bonchev–Trinajstić information content (AvgIpc) is 2.93. The van der Waals surface area contributed by atoms with Crippen LogP contribution in [0.5, 0.6) is 5.75 Å². The molecule has 100 valence electrons. The number of aryl methyl sites for hydroxylation is 1. The zero-order valence-corrected chi connectivity index (χ0v) is 12.1. The van der Waals surface area contributed by atoms with E-state index in [2.05, 4.69) is 19.1 Å².